The van der Waals surface area contributed by atoms with E-state index < -0.39 is 23.2 Å². The van der Waals surface area contributed by atoms with Gasteiger partial charge in [0, 0.05) is 0 Å². The van der Waals surface area contributed by atoms with Crippen LogP contribution in [-0.4, -0.2) is 0 Å². The Morgan fingerprint density at radius 2 is 2.00 bits per heavy atom. The summed E-state index contributed by atoms with van der Waals surface area (Å²) in [6.45, 7) is 6.32. The van der Waals surface area contributed by atoms with Crippen LogP contribution >= 0.6 is 0 Å². The van der Waals surface area contributed by atoms with Crippen LogP contribution in [0.3, 0.4) is 0 Å². The fourth-order valence-electron chi connectivity index (χ4n) is 0.676. The SMILES string of the molecule is CCC[C](C)(C)[Zr]=[O]. The first-order chi connectivity index (χ1) is 3.62. The summed E-state index contributed by atoms with van der Waals surface area (Å²) in [5.41, 5.74) is 0. The van der Waals surface area contributed by atoms with Crippen LogP contribution in [0.1, 0.15) is 33.6 Å². The van der Waals surface area contributed by atoms with Gasteiger partial charge in [-0.3, -0.25) is 0 Å². The molecule has 0 N–H and O–H groups in total. The molecular weight excluding hydrogens is 179 g/mol. The molecule has 0 fully saturated rings. The molecule has 0 unspecified atom stereocenters. The summed E-state index contributed by atoms with van der Waals surface area (Å²) in [6.07, 6.45) is 2.29. The Bertz CT molecular complexity index is 78.6. The van der Waals surface area contributed by atoms with Gasteiger partial charge in [-0.2, -0.15) is 0 Å². The molecule has 0 aliphatic carbocycles. The van der Waals surface area contributed by atoms with Crippen molar-refractivity contribution in [1.29, 1.82) is 0 Å². The molecule has 0 spiro atoms. The van der Waals surface area contributed by atoms with Crippen molar-refractivity contribution in [2.45, 2.75) is 36.7 Å². The van der Waals surface area contributed by atoms with Gasteiger partial charge in [-0.15, -0.1) is 0 Å². The summed E-state index contributed by atoms with van der Waals surface area (Å²) >= 11 is -1.26. The summed E-state index contributed by atoms with van der Waals surface area (Å²) in [6, 6.07) is 0. The van der Waals surface area contributed by atoms with Gasteiger partial charge < -0.3 is 0 Å². The van der Waals surface area contributed by atoms with E-state index in [0.717, 1.165) is 12.8 Å². The monoisotopic (exact) mass is 191 g/mol. The number of hydrogen-bond donors (Lipinski definition) is 0. The Hall–Kier alpha value is 0.683. The minimum atomic E-state index is -1.26. The van der Waals surface area contributed by atoms with Crippen molar-refractivity contribution in [2.24, 2.45) is 0 Å². The Morgan fingerprint density at radius 3 is 2.12 bits per heavy atom. The molecule has 0 heterocycles. The Balaban J connectivity index is 3.53. The van der Waals surface area contributed by atoms with Crippen molar-refractivity contribution in [2.75, 3.05) is 0 Å². The van der Waals surface area contributed by atoms with Crippen LogP contribution in [0, 0.1) is 0 Å². The second-order valence-electron chi connectivity index (χ2n) is 2.74. The molecule has 0 aromatic carbocycles. The van der Waals surface area contributed by atoms with E-state index in [-0.39, 0.29) is 3.12 Å². The quantitative estimate of drug-likeness (QED) is 0.671. The number of rotatable bonds is 3. The third kappa shape index (κ3) is 3.66. The topological polar surface area (TPSA) is 17.1 Å². The molecule has 0 atom stereocenters. The van der Waals surface area contributed by atoms with E-state index in [1.165, 1.54) is 0 Å². The first-order valence-electron chi connectivity index (χ1n) is 3.01. The normalized spacial score (nSPS) is 10.9. The molecular formula is C6H13OZr. The predicted molar refractivity (Wildman–Crippen MR) is 29.6 cm³/mol. The van der Waals surface area contributed by atoms with E-state index in [0.29, 0.717) is 0 Å². The molecule has 2 heteroatoms. The van der Waals surface area contributed by atoms with Crippen molar-refractivity contribution in [3.05, 3.63) is 0 Å². The van der Waals surface area contributed by atoms with Crippen molar-refractivity contribution < 1.29 is 26.1 Å². The average Bonchev–Trinajstić information content (AvgIpc) is 1.67. The van der Waals surface area contributed by atoms with Gasteiger partial charge in [0.05, 0.1) is 0 Å². The Kier molecular flexibility index (Phi) is 3.97. The van der Waals surface area contributed by atoms with Crippen LogP contribution in [0.15, 0.2) is 0 Å². The van der Waals surface area contributed by atoms with Gasteiger partial charge in [0.1, 0.15) is 0 Å². The number of hydrogen-bond acceptors (Lipinski definition) is 1. The molecule has 0 aliphatic rings. The van der Waals surface area contributed by atoms with Crippen LogP contribution < -0.4 is 0 Å². The standard InChI is InChI=1S/C6H13.O.Zr/c1-4-5-6(2)3;;/h4-5H2,1-3H3;;. The van der Waals surface area contributed by atoms with Gasteiger partial charge >= 0.3 is 62.8 Å². The van der Waals surface area contributed by atoms with Gasteiger partial charge in [0.15, 0.2) is 0 Å². The first-order valence-corrected chi connectivity index (χ1v) is 5.25. The maximum atomic E-state index is 10.5. The predicted octanol–water partition coefficient (Wildman–Crippen LogP) is 2.41. The van der Waals surface area contributed by atoms with Crippen molar-refractivity contribution in [3.8, 4) is 0 Å². The maximum absolute atomic E-state index is 10.5. The van der Waals surface area contributed by atoms with E-state index in [4.69, 9.17) is 0 Å². The van der Waals surface area contributed by atoms with Crippen LogP contribution in [0.4, 0.5) is 0 Å². The molecule has 0 amide bonds. The third-order valence-electron chi connectivity index (χ3n) is 1.15. The summed E-state index contributed by atoms with van der Waals surface area (Å²) < 4.78 is 10.7. The zero-order chi connectivity index (χ0) is 6.62. The second-order valence-corrected chi connectivity index (χ2v) is 6.56. The first kappa shape index (κ1) is 8.68. The van der Waals surface area contributed by atoms with Gasteiger partial charge in [-0.1, -0.05) is 0 Å². The van der Waals surface area contributed by atoms with Crippen molar-refractivity contribution in [3.63, 3.8) is 0 Å². The molecule has 0 radical (unpaired) electrons. The van der Waals surface area contributed by atoms with E-state index in [1.807, 2.05) is 0 Å². The van der Waals surface area contributed by atoms with Crippen molar-refractivity contribution in [1.82, 2.24) is 0 Å². The van der Waals surface area contributed by atoms with Crippen LogP contribution in [-0.2, 0) is 26.1 Å². The third-order valence-corrected chi connectivity index (χ3v) is 3.12. The fourth-order valence-corrected chi connectivity index (χ4v) is 1.54. The molecule has 47 valence electrons. The summed E-state index contributed by atoms with van der Waals surface area (Å²) in [5.74, 6) is 0. The zero-order valence-corrected chi connectivity index (χ0v) is 8.28. The molecule has 0 aromatic heterocycles. The molecule has 0 saturated carbocycles. The molecule has 0 bridgehead atoms. The zero-order valence-electron chi connectivity index (χ0n) is 5.82. The van der Waals surface area contributed by atoms with Gasteiger partial charge in [-0.05, 0) is 0 Å². The fraction of sp³-hybridized carbons (Fsp3) is 1.00. The van der Waals surface area contributed by atoms with Gasteiger partial charge in [0.25, 0.3) is 0 Å². The molecule has 0 aliphatic heterocycles. The molecule has 0 aromatic rings. The summed E-state index contributed by atoms with van der Waals surface area (Å²) in [7, 11) is 0. The molecule has 8 heavy (non-hydrogen) atoms. The second kappa shape index (κ2) is 3.66. The molecule has 0 rings (SSSR count). The van der Waals surface area contributed by atoms with Crippen molar-refractivity contribution >= 4 is 0 Å². The summed E-state index contributed by atoms with van der Waals surface area (Å²) in [4.78, 5) is 0. The van der Waals surface area contributed by atoms with E-state index in [2.05, 4.69) is 20.8 Å². The van der Waals surface area contributed by atoms with E-state index >= 15 is 0 Å². The summed E-state index contributed by atoms with van der Waals surface area (Å²) in [5, 5.41) is 0. The minimum absolute atomic E-state index is 0.206. The Labute approximate surface area is 62.9 Å². The average molecular weight is 192 g/mol. The van der Waals surface area contributed by atoms with Gasteiger partial charge in [-0.25, -0.2) is 0 Å². The van der Waals surface area contributed by atoms with E-state index in [9.17, 15) is 2.81 Å². The van der Waals surface area contributed by atoms with E-state index in [1.54, 1.807) is 0 Å². The van der Waals surface area contributed by atoms with Gasteiger partial charge in [0.2, 0.25) is 0 Å². The van der Waals surface area contributed by atoms with Crippen LogP contribution in [0.25, 0.3) is 0 Å². The molecule has 1 nitrogen and oxygen atoms in total. The molecule has 0 saturated heterocycles. The van der Waals surface area contributed by atoms with Crippen LogP contribution in [0.5, 0.6) is 0 Å². The Morgan fingerprint density at radius 1 is 1.50 bits per heavy atom. The van der Waals surface area contributed by atoms with Crippen LogP contribution in [0.2, 0.25) is 3.12 Å².